The van der Waals surface area contributed by atoms with Gasteiger partial charge in [-0.3, -0.25) is 4.98 Å². The molecule has 3 heterocycles. The normalized spacial score (nSPS) is 11.4. The van der Waals surface area contributed by atoms with Crippen molar-refractivity contribution in [3.05, 3.63) is 35.5 Å². The van der Waals surface area contributed by atoms with Crippen molar-refractivity contribution in [1.29, 1.82) is 5.26 Å². The quantitative estimate of drug-likeness (QED) is 0.778. The zero-order chi connectivity index (χ0) is 16.6. The van der Waals surface area contributed by atoms with E-state index >= 15 is 0 Å². The number of hydrogen-bond donors (Lipinski definition) is 1. The second-order valence-electron chi connectivity index (χ2n) is 4.49. The number of aromatic nitrogens is 5. The number of nitrogens with one attached hydrogen (secondary N) is 1. The highest BCUT2D eigenvalue weighted by Crippen LogP contribution is 2.31. The molecule has 0 unspecified atom stereocenters. The number of nitrogens with zero attached hydrogens (tertiary/aromatic N) is 5. The summed E-state index contributed by atoms with van der Waals surface area (Å²) in [7, 11) is 0. The molecule has 0 saturated carbocycles. The molecule has 3 rings (SSSR count). The summed E-state index contributed by atoms with van der Waals surface area (Å²) >= 11 is 0. The molecule has 0 amide bonds. The zero-order valence-electron chi connectivity index (χ0n) is 11.5. The average molecular weight is 320 g/mol. The number of hydrogen-bond acceptors (Lipinski definition) is 6. The van der Waals surface area contributed by atoms with Crippen LogP contribution in [0.3, 0.4) is 0 Å². The number of nitriles is 1. The third kappa shape index (κ3) is 2.64. The van der Waals surface area contributed by atoms with Crippen LogP contribution >= 0.6 is 0 Å². The molecule has 1 N–H and O–H groups in total. The maximum Gasteiger partial charge on any atom is 0.433 e. The summed E-state index contributed by atoms with van der Waals surface area (Å²) in [5.74, 6) is 0.427. The zero-order valence-corrected chi connectivity index (χ0v) is 11.5. The molecule has 116 valence electrons. The summed E-state index contributed by atoms with van der Waals surface area (Å²) < 4.78 is 43.0. The van der Waals surface area contributed by atoms with E-state index in [4.69, 9.17) is 9.68 Å². The molecule has 0 aromatic carbocycles. The molecule has 3 aromatic rings. The molecular weight excluding hydrogens is 313 g/mol. The monoisotopic (exact) mass is 320 g/mol. The SMILES string of the molecule is Cc1oc(-c2ccc(C(F)(F)F)nc2)nc1-c1n[nH]nc1C#N. The van der Waals surface area contributed by atoms with Gasteiger partial charge in [0.1, 0.15) is 23.2 Å². The van der Waals surface area contributed by atoms with Gasteiger partial charge in [-0.1, -0.05) is 0 Å². The number of aromatic amines is 1. The van der Waals surface area contributed by atoms with E-state index in [0.29, 0.717) is 5.76 Å². The highest BCUT2D eigenvalue weighted by Gasteiger charge is 2.32. The van der Waals surface area contributed by atoms with Crippen LogP contribution < -0.4 is 0 Å². The lowest BCUT2D eigenvalue weighted by atomic mass is 10.2. The van der Waals surface area contributed by atoms with Crippen molar-refractivity contribution in [3.8, 4) is 28.9 Å². The van der Waals surface area contributed by atoms with Gasteiger partial charge in [-0.25, -0.2) is 4.98 Å². The average Bonchev–Trinajstić information content (AvgIpc) is 3.12. The Morgan fingerprint density at radius 2 is 2.00 bits per heavy atom. The molecule has 10 heteroatoms. The van der Waals surface area contributed by atoms with Crippen LogP contribution in [0.15, 0.2) is 22.7 Å². The number of pyridine rings is 1. The lowest BCUT2D eigenvalue weighted by Gasteiger charge is -2.04. The van der Waals surface area contributed by atoms with Crippen molar-refractivity contribution < 1.29 is 17.6 Å². The number of H-pyrrole nitrogens is 1. The summed E-state index contributed by atoms with van der Waals surface area (Å²) in [6.45, 7) is 1.60. The predicted molar refractivity (Wildman–Crippen MR) is 69.6 cm³/mol. The van der Waals surface area contributed by atoms with E-state index in [2.05, 4.69) is 25.4 Å². The van der Waals surface area contributed by atoms with Crippen LogP contribution in [0.2, 0.25) is 0 Å². The van der Waals surface area contributed by atoms with Gasteiger partial charge < -0.3 is 4.42 Å². The molecule has 0 spiro atoms. The van der Waals surface area contributed by atoms with Crippen molar-refractivity contribution in [3.63, 3.8) is 0 Å². The first-order chi connectivity index (χ1) is 10.9. The fraction of sp³-hybridized carbons (Fsp3) is 0.154. The molecule has 3 aromatic heterocycles. The Morgan fingerprint density at radius 3 is 2.61 bits per heavy atom. The molecule has 0 aliphatic heterocycles. The van der Waals surface area contributed by atoms with E-state index in [1.165, 1.54) is 6.07 Å². The first-order valence-corrected chi connectivity index (χ1v) is 6.22. The maximum atomic E-state index is 12.5. The van der Waals surface area contributed by atoms with E-state index < -0.39 is 11.9 Å². The third-order valence-corrected chi connectivity index (χ3v) is 2.98. The minimum atomic E-state index is -4.52. The summed E-state index contributed by atoms with van der Waals surface area (Å²) in [4.78, 5) is 7.51. The smallest absolute Gasteiger partial charge is 0.433 e. The lowest BCUT2D eigenvalue weighted by Crippen LogP contribution is -2.07. The van der Waals surface area contributed by atoms with Crippen LogP contribution in [-0.4, -0.2) is 25.4 Å². The van der Waals surface area contributed by atoms with Gasteiger partial charge in [-0.15, -0.1) is 5.10 Å². The minimum Gasteiger partial charge on any atom is -0.441 e. The van der Waals surface area contributed by atoms with Gasteiger partial charge >= 0.3 is 6.18 Å². The number of halogens is 3. The van der Waals surface area contributed by atoms with Crippen molar-refractivity contribution in [2.75, 3.05) is 0 Å². The summed E-state index contributed by atoms with van der Waals surface area (Å²) in [5, 5.41) is 18.7. The first-order valence-electron chi connectivity index (χ1n) is 6.22. The van der Waals surface area contributed by atoms with E-state index in [0.717, 1.165) is 12.3 Å². The van der Waals surface area contributed by atoms with Crippen molar-refractivity contribution in [2.45, 2.75) is 13.1 Å². The van der Waals surface area contributed by atoms with Gasteiger partial charge in [-0.05, 0) is 19.1 Å². The Hall–Kier alpha value is -3.22. The molecule has 0 atom stereocenters. The molecule has 0 radical (unpaired) electrons. The number of alkyl halides is 3. The summed E-state index contributed by atoms with van der Waals surface area (Å²) in [6, 6.07) is 3.90. The molecule has 7 nitrogen and oxygen atoms in total. The Bertz CT molecular complexity index is 888. The summed E-state index contributed by atoms with van der Waals surface area (Å²) in [6.07, 6.45) is -3.50. The van der Waals surface area contributed by atoms with E-state index in [1.807, 2.05) is 6.07 Å². The molecule has 0 fully saturated rings. The van der Waals surface area contributed by atoms with Gasteiger partial charge in [-0.2, -0.15) is 28.7 Å². The van der Waals surface area contributed by atoms with Gasteiger partial charge in [0.25, 0.3) is 0 Å². The van der Waals surface area contributed by atoms with Gasteiger partial charge in [0.15, 0.2) is 11.4 Å². The van der Waals surface area contributed by atoms with E-state index in [-0.39, 0.29) is 28.5 Å². The fourth-order valence-corrected chi connectivity index (χ4v) is 1.90. The van der Waals surface area contributed by atoms with Crippen LogP contribution in [0.5, 0.6) is 0 Å². The molecule has 0 aliphatic carbocycles. The standard InChI is InChI=1S/C13H7F3N6O/c1-6-10(11-8(4-17)20-22-21-11)19-12(23-6)7-2-3-9(18-5-7)13(14,15)16/h2-3,5H,1H3,(H,20,21,22). The second-order valence-corrected chi connectivity index (χ2v) is 4.49. The number of aryl methyl sites for hydroxylation is 1. The van der Waals surface area contributed by atoms with Crippen molar-refractivity contribution in [2.24, 2.45) is 0 Å². The third-order valence-electron chi connectivity index (χ3n) is 2.98. The van der Waals surface area contributed by atoms with Crippen LogP contribution in [0, 0.1) is 18.3 Å². The Kier molecular flexibility index (Phi) is 3.33. The topological polar surface area (TPSA) is 104 Å². The first kappa shape index (κ1) is 14.7. The van der Waals surface area contributed by atoms with Crippen LogP contribution in [0.4, 0.5) is 13.2 Å². The number of rotatable bonds is 2. The van der Waals surface area contributed by atoms with Crippen LogP contribution in [-0.2, 0) is 6.18 Å². The predicted octanol–water partition coefficient (Wildman–Crippen LogP) is 2.72. The van der Waals surface area contributed by atoms with Gasteiger partial charge in [0.2, 0.25) is 5.89 Å². The molecule has 23 heavy (non-hydrogen) atoms. The maximum absolute atomic E-state index is 12.5. The highest BCUT2D eigenvalue weighted by molar-refractivity contribution is 5.65. The largest absolute Gasteiger partial charge is 0.441 e. The van der Waals surface area contributed by atoms with Gasteiger partial charge in [0, 0.05) is 6.20 Å². The Labute approximate surface area is 126 Å². The highest BCUT2D eigenvalue weighted by atomic mass is 19.4. The van der Waals surface area contributed by atoms with Crippen LogP contribution in [0.1, 0.15) is 17.1 Å². The van der Waals surface area contributed by atoms with Crippen molar-refractivity contribution in [1.82, 2.24) is 25.4 Å². The Balaban J connectivity index is 2.00. The van der Waals surface area contributed by atoms with E-state index in [9.17, 15) is 13.2 Å². The van der Waals surface area contributed by atoms with Crippen LogP contribution in [0.25, 0.3) is 22.8 Å². The summed E-state index contributed by atoms with van der Waals surface area (Å²) in [5.41, 5.74) is -0.203. The molecular formula is C13H7F3N6O. The second kappa shape index (κ2) is 5.20. The molecule has 0 saturated heterocycles. The minimum absolute atomic E-state index is 0.0403. The van der Waals surface area contributed by atoms with Crippen molar-refractivity contribution >= 4 is 0 Å². The fourth-order valence-electron chi connectivity index (χ4n) is 1.90. The lowest BCUT2D eigenvalue weighted by molar-refractivity contribution is -0.141. The van der Waals surface area contributed by atoms with Gasteiger partial charge in [0.05, 0.1) is 5.56 Å². The molecule has 0 aliphatic rings. The van der Waals surface area contributed by atoms with E-state index in [1.54, 1.807) is 6.92 Å². The Morgan fingerprint density at radius 1 is 1.22 bits per heavy atom. The molecule has 0 bridgehead atoms. The number of oxazole rings is 1.